The molecule has 1 aromatic heterocycles. The summed E-state index contributed by atoms with van der Waals surface area (Å²) in [5.74, 6) is 0. The average Bonchev–Trinajstić information content (AvgIpc) is 3.98. The van der Waals surface area contributed by atoms with Crippen molar-refractivity contribution in [2.24, 2.45) is 0 Å². The summed E-state index contributed by atoms with van der Waals surface area (Å²) in [6.45, 7) is 2.18. The first-order chi connectivity index (χ1) is 31.2. The number of fused-ring (bicyclic) bond motifs is 10. The van der Waals surface area contributed by atoms with Crippen molar-refractivity contribution < 1.29 is 0 Å². The minimum atomic E-state index is -0.382. The molecule has 0 bridgehead atoms. The van der Waals surface area contributed by atoms with Crippen LogP contribution in [0, 0.1) is 0 Å². The second-order valence-corrected chi connectivity index (χ2v) is 16.8. The molecule has 0 N–H and O–H groups in total. The number of nitrogens with zero attached hydrogens (tertiary/aromatic N) is 2. The maximum Gasteiger partial charge on any atom is 0.0683 e. The molecule has 0 radical (unpaired) electrons. The number of rotatable bonds is 7. The van der Waals surface area contributed by atoms with Gasteiger partial charge in [0.2, 0.25) is 0 Å². The van der Waals surface area contributed by atoms with E-state index in [1.807, 2.05) is 0 Å². The quantitative estimate of drug-likeness (QED) is 0.156. The van der Waals surface area contributed by atoms with Gasteiger partial charge in [-0.25, -0.2) is 0 Å². The molecular weight excluding hydrogens is 761 g/mol. The molecule has 0 unspecified atom stereocenters. The van der Waals surface area contributed by atoms with Crippen molar-refractivity contribution in [3.8, 4) is 39.1 Å². The molecule has 63 heavy (non-hydrogen) atoms. The van der Waals surface area contributed by atoms with Gasteiger partial charge in [-0.3, -0.25) is 0 Å². The fraction of sp³-hybridized carbons (Fsp3) is 0.0492. The van der Waals surface area contributed by atoms with Gasteiger partial charge in [0.1, 0.15) is 0 Å². The Morgan fingerprint density at radius 2 is 0.968 bits per heavy atom. The lowest BCUT2D eigenvalue weighted by atomic mass is 9.70. The van der Waals surface area contributed by atoms with Gasteiger partial charge < -0.3 is 9.47 Å². The first kappa shape index (κ1) is 36.9. The van der Waals surface area contributed by atoms with E-state index < -0.39 is 0 Å². The van der Waals surface area contributed by atoms with Crippen molar-refractivity contribution in [3.63, 3.8) is 0 Å². The molecule has 0 saturated heterocycles. The van der Waals surface area contributed by atoms with Gasteiger partial charge in [-0.2, -0.15) is 0 Å². The third-order valence-corrected chi connectivity index (χ3v) is 13.5. The Labute approximate surface area is 369 Å². The number of benzene rings is 9. The summed E-state index contributed by atoms with van der Waals surface area (Å²) in [6.07, 6.45) is 5.65. The Balaban J connectivity index is 0.993. The van der Waals surface area contributed by atoms with Crippen LogP contribution in [0.1, 0.15) is 29.2 Å². The maximum atomic E-state index is 2.49. The lowest BCUT2D eigenvalue weighted by Crippen LogP contribution is -2.27. The van der Waals surface area contributed by atoms with E-state index in [0.717, 1.165) is 23.5 Å². The molecule has 2 aliphatic carbocycles. The van der Waals surface area contributed by atoms with Gasteiger partial charge in [-0.05, 0) is 135 Å². The lowest BCUT2D eigenvalue weighted by Gasteiger charge is -2.33. The SMILES string of the molecule is C/C=C(\C=C1/Cc2ccccc2C12c1ccccc1-c1ccccc12)N(c1ccc(-c2ccccc2)cc1)c1ccc(-c2ccc3c(c2)c2ccccc2n3-c2ccccc2)cc1. The third kappa shape index (κ3) is 5.79. The van der Waals surface area contributed by atoms with Crippen molar-refractivity contribution in [1.82, 2.24) is 4.57 Å². The highest BCUT2D eigenvalue weighted by Crippen LogP contribution is 2.60. The zero-order chi connectivity index (χ0) is 41.9. The predicted octanol–water partition coefficient (Wildman–Crippen LogP) is 15.7. The molecule has 298 valence electrons. The van der Waals surface area contributed by atoms with Crippen LogP contribution in [0.2, 0.25) is 0 Å². The van der Waals surface area contributed by atoms with E-state index in [0.29, 0.717) is 0 Å². The second-order valence-electron chi connectivity index (χ2n) is 16.8. The van der Waals surface area contributed by atoms with Gasteiger partial charge in [0.25, 0.3) is 0 Å². The van der Waals surface area contributed by atoms with E-state index in [2.05, 4.69) is 253 Å². The number of allylic oxidation sites excluding steroid dienone is 3. The van der Waals surface area contributed by atoms with Gasteiger partial charge in [0.05, 0.1) is 16.4 Å². The summed E-state index contributed by atoms with van der Waals surface area (Å²) in [5, 5.41) is 2.51. The molecule has 0 atom stereocenters. The summed E-state index contributed by atoms with van der Waals surface area (Å²) in [4.78, 5) is 2.44. The molecule has 2 nitrogen and oxygen atoms in total. The molecule has 9 aromatic carbocycles. The zero-order valence-electron chi connectivity index (χ0n) is 35.1. The lowest BCUT2D eigenvalue weighted by molar-refractivity contribution is 0.770. The van der Waals surface area contributed by atoms with Gasteiger partial charge in [-0.1, -0.05) is 176 Å². The fourth-order valence-corrected chi connectivity index (χ4v) is 10.7. The van der Waals surface area contributed by atoms with E-state index in [4.69, 9.17) is 0 Å². The van der Waals surface area contributed by atoms with E-state index >= 15 is 0 Å². The van der Waals surface area contributed by atoms with Crippen LogP contribution < -0.4 is 4.90 Å². The standard InChI is InChI=1S/C61H44N2/c1-2-48(41-47-39-46-19-9-13-25-56(46)61(47)57-26-14-10-22-52(57)53-23-11-15-27-58(53)61)62(50-34-29-43(30-35-50)42-17-5-3-6-18-42)51-36-31-44(32-37-51)45-33-38-60-55(40-45)54-24-12-16-28-59(54)63(60)49-20-7-4-8-21-49/h2-38,40-41H,39H2,1H3/b47-41+,48-2+. The molecule has 0 saturated carbocycles. The van der Waals surface area contributed by atoms with Crippen molar-refractivity contribution >= 4 is 33.2 Å². The van der Waals surface area contributed by atoms with Crippen molar-refractivity contribution in [3.05, 3.63) is 270 Å². The van der Waals surface area contributed by atoms with Crippen molar-refractivity contribution in [2.45, 2.75) is 18.8 Å². The number of anilines is 2. The van der Waals surface area contributed by atoms with Crippen LogP contribution in [-0.2, 0) is 11.8 Å². The molecule has 0 amide bonds. The average molecular weight is 805 g/mol. The van der Waals surface area contributed by atoms with Gasteiger partial charge >= 0.3 is 0 Å². The highest BCUT2D eigenvalue weighted by atomic mass is 15.1. The normalized spacial score (nSPS) is 14.3. The fourth-order valence-electron chi connectivity index (χ4n) is 10.7. The summed E-state index contributed by atoms with van der Waals surface area (Å²) in [5.41, 5.74) is 20.9. The molecule has 0 fully saturated rings. The van der Waals surface area contributed by atoms with E-state index in [-0.39, 0.29) is 5.41 Å². The summed E-state index contributed by atoms with van der Waals surface area (Å²) in [7, 11) is 0. The van der Waals surface area contributed by atoms with E-state index in [1.165, 1.54) is 88.7 Å². The first-order valence-corrected chi connectivity index (χ1v) is 22.0. The van der Waals surface area contributed by atoms with E-state index in [1.54, 1.807) is 0 Å². The molecule has 2 aliphatic rings. The van der Waals surface area contributed by atoms with Crippen LogP contribution in [0.3, 0.4) is 0 Å². The smallest absolute Gasteiger partial charge is 0.0683 e. The van der Waals surface area contributed by atoms with E-state index in [9.17, 15) is 0 Å². The molecule has 0 aliphatic heterocycles. The Bertz CT molecular complexity index is 3360. The minimum Gasteiger partial charge on any atom is -0.311 e. The largest absolute Gasteiger partial charge is 0.311 e. The van der Waals surface area contributed by atoms with Gasteiger partial charge in [0.15, 0.2) is 0 Å². The van der Waals surface area contributed by atoms with Crippen LogP contribution in [0.15, 0.2) is 248 Å². The Morgan fingerprint density at radius 3 is 1.63 bits per heavy atom. The van der Waals surface area contributed by atoms with Crippen molar-refractivity contribution in [1.29, 1.82) is 0 Å². The molecule has 1 spiro atoms. The number of hydrogen-bond donors (Lipinski definition) is 0. The third-order valence-electron chi connectivity index (χ3n) is 13.5. The highest BCUT2D eigenvalue weighted by molar-refractivity contribution is 6.10. The molecular formula is C61H44N2. The Kier molecular flexibility index (Phi) is 8.72. The summed E-state index contributed by atoms with van der Waals surface area (Å²) in [6, 6.07) is 82.4. The molecule has 12 rings (SSSR count). The maximum absolute atomic E-state index is 2.49. The number of aromatic nitrogens is 1. The molecule has 1 heterocycles. The topological polar surface area (TPSA) is 8.17 Å². The van der Waals surface area contributed by atoms with Gasteiger partial charge in [-0.15, -0.1) is 0 Å². The summed E-state index contributed by atoms with van der Waals surface area (Å²) < 4.78 is 2.38. The van der Waals surface area contributed by atoms with Gasteiger partial charge in [0, 0.05) is 33.5 Å². The zero-order valence-corrected chi connectivity index (χ0v) is 35.1. The Hall–Kier alpha value is -7.94. The van der Waals surface area contributed by atoms with Crippen LogP contribution in [0.25, 0.3) is 60.9 Å². The minimum absolute atomic E-state index is 0.382. The monoisotopic (exact) mass is 804 g/mol. The highest BCUT2D eigenvalue weighted by Gasteiger charge is 2.51. The summed E-state index contributed by atoms with van der Waals surface area (Å²) >= 11 is 0. The predicted molar refractivity (Wildman–Crippen MR) is 264 cm³/mol. The number of hydrogen-bond acceptors (Lipinski definition) is 1. The van der Waals surface area contributed by atoms with Crippen LogP contribution >= 0.6 is 0 Å². The Morgan fingerprint density at radius 1 is 0.460 bits per heavy atom. The number of para-hydroxylation sites is 2. The first-order valence-electron chi connectivity index (χ1n) is 22.0. The molecule has 2 heteroatoms. The second kappa shape index (κ2) is 14.9. The van der Waals surface area contributed by atoms with Crippen LogP contribution in [-0.4, -0.2) is 4.57 Å². The molecule has 10 aromatic rings. The van der Waals surface area contributed by atoms with Crippen LogP contribution in [0.5, 0.6) is 0 Å². The van der Waals surface area contributed by atoms with Crippen LogP contribution in [0.4, 0.5) is 11.4 Å². The van der Waals surface area contributed by atoms with Crippen molar-refractivity contribution in [2.75, 3.05) is 4.90 Å².